The third kappa shape index (κ3) is 6.79. The summed E-state index contributed by atoms with van der Waals surface area (Å²) in [5, 5.41) is 4.24. The molecule has 1 saturated heterocycles. The van der Waals surface area contributed by atoms with Crippen molar-refractivity contribution in [1.29, 1.82) is 0 Å². The Morgan fingerprint density at radius 2 is 1.78 bits per heavy atom. The fourth-order valence-corrected chi connectivity index (χ4v) is 6.96. The quantitative estimate of drug-likeness (QED) is 0.210. The number of hydrogen-bond acceptors (Lipinski definition) is 4. The van der Waals surface area contributed by atoms with Gasteiger partial charge in [0, 0.05) is 74.6 Å². The number of rotatable bonds is 7. The number of H-pyrrole nitrogens is 1. The predicted molar refractivity (Wildman–Crippen MR) is 181 cm³/mol. The lowest BCUT2D eigenvalue weighted by Gasteiger charge is -2.45. The van der Waals surface area contributed by atoms with Crippen LogP contribution in [0.1, 0.15) is 67.6 Å². The summed E-state index contributed by atoms with van der Waals surface area (Å²) in [6.07, 6.45) is 5.72. The number of benzene rings is 2. The van der Waals surface area contributed by atoms with E-state index in [1.807, 2.05) is 20.8 Å². The Morgan fingerprint density at radius 3 is 2.44 bits per heavy atom. The molecule has 1 atom stereocenters. The molecule has 0 bridgehead atoms. The van der Waals surface area contributed by atoms with E-state index in [4.69, 9.17) is 0 Å². The fourth-order valence-electron chi connectivity index (χ4n) is 6.96. The third-order valence-electron chi connectivity index (χ3n) is 9.75. The highest BCUT2D eigenvalue weighted by molar-refractivity contribution is 6.04. The summed E-state index contributed by atoms with van der Waals surface area (Å²) in [4.78, 5) is 33.4. The monoisotopic (exact) mass is 696 g/mol. The maximum Gasteiger partial charge on any atom is 0.269 e. The lowest BCUT2D eigenvalue weighted by Crippen LogP contribution is -2.54. The Bertz CT molecular complexity index is 1960. The molecule has 4 aromatic rings. The highest BCUT2D eigenvalue weighted by atomic mass is 19.3. The van der Waals surface area contributed by atoms with Gasteiger partial charge in [-0.05, 0) is 87.2 Å². The smallest absolute Gasteiger partial charge is 0.269 e. The van der Waals surface area contributed by atoms with Crippen LogP contribution in [0, 0.1) is 17.5 Å². The molecule has 6 rings (SSSR count). The minimum absolute atomic E-state index is 0.0260. The lowest BCUT2D eigenvalue weighted by atomic mass is 9.83. The number of piperidine rings is 1. The Morgan fingerprint density at radius 1 is 1.02 bits per heavy atom. The van der Waals surface area contributed by atoms with Crippen molar-refractivity contribution in [2.24, 2.45) is 0 Å². The molecule has 0 saturated carbocycles. The normalized spacial score (nSPS) is 18.4. The predicted octanol–water partition coefficient (Wildman–Crippen LogP) is 7.08. The number of aromatic nitrogens is 3. The SMILES string of the molecule is CN(C)C(=O)c1cc2c(-c3cc(F)c([C@@H]4CCN(C(C)(C)C)CC4(F)F)cc3F)cc(C3=CCCN(C(=O)CCn4cccn4)C3)c(F)c2[nH]1. The first-order chi connectivity index (χ1) is 23.5. The molecule has 2 aliphatic heterocycles. The molecule has 1 fully saturated rings. The summed E-state index contributed by atoms with van der Waals surface area (Å²) in [7, 11) is 3.05. The van der Waals surface area contributed by atoms with Crippen LogP contribution in [0.5, 0.6) is 0 Å². The molecule has 2 aromatic heterocycles. The van der Waals surface area contributed by atoms with Crippen LogP contribution in [0.25, 0.3) is 27.6 Å². The van der Waals surface area contributed by atoms with E-state index in [1.165, 1.54) is 31.1 Å². The van der Waals surface area contributed by atoms with Gasteiger partial charge in [-0.15, -0.1) is 0 Å². The van der Waals surface area contributed by atoms with E-state index in [0.717, 1.165) is 12.1 Å². The van der Waals surface area contributed by atoms with Crippen LogP contribution in [-0.2, 0) is 11.3 Å². The van der Waals surface area contributed by atoms with Gasteiger partial charge in [0.2, 0.25) is 5.91 Å². The maximum absolute atomic E-state index is 16.4. The van der Waals surface area contributed by atoms with Crippen molar-refractivity contribution in [1.82, 2.24) is 29.5 Å². The largest absolute Gasteiger partial charge is 0.348 e. The van der Waals surface area contributed by atoms with Gasteiger partial charge in [-0.2, -0.15) is 5.10 Å². The van der Waals surface area contributed by atoms with Crippen LogP contribution >= 0.6 is 0 Å². The molecule has 50 heavy (non-hydrogen) atoms. The number of likely N-dealkylation sites (tertiary alicyclic amines) is 1. The minimum Gasteiger partial charge on any atom is -0.348 e. The van der Waals surface area contributed by atoms with Gasteiger partial charge in [-0.1, -0.05) is 6.08 Å². The van der Waals surface area contributed by atoms with Crippen molar-refractivity contribution in [3.63, 3.8) is 0 Å². The van der Waals surface area contributed by atoms with Crippen LogP contribution in [-0.4, -0.2) is 93.0 Å². The molecule has 0 spiro atoms. The van der Waals surface area contributed by atoms with Gasteiger partial charge in [0.05, 0.1) is 18.0 Å². The van der Waals surface area contributed by atoms with Gasteiger partial charge in [-0.3, -0.25) is 19.2 Å². The van der Waals surface area contributed by atoms with E-state index < -0.39 is 52.8 Å². The zero-order chi connectivity index (χ0) is 36.1. The maximum atomic E-state index is 16.4. The van der Waals surface area contributed by atoms with E-state index in [2.05, 4.69) is 10.1 Å². The van der Waals surface area contributed by atoms with Crippen LogP contribution in [0.2, 0.25) is 0 Å². The Labute approximate surface area is 287 Å². The van der Waals surface area contributed by atoms with E-state index in [0.29, 0.717) is 31.6 Å². The Hall–Kier alpha value is -4.52. The molecular weight excluding hydrogens is 655 g/mol. The Balaban J connectivity index is 1.40. The number of carbonyl (C=O) groups is 2. The van der Waals surface area contributed by atoms with Gasteiger partial charge < -0.3 is 14.8 Å². The molecule has 4 heterocycles. The fraction of sp³-hybridized carbons (Fsp3) is 0.432. The zero-order valence-corrected chi connectivity index (χ0v) is 28.8. The van der Waals surface area contributed by atoms with Gasteiger partial charge in [0.15, 0.2) is 5.82 Å². The van der Waals surface area contributed by atoms with Gasteiger partial charge >= 0.3 is 0 Å². The van der Waals surface area contributed by atoms with Gasteiger partial charge in [-0.25, -0.2) is 22.0 Å². The summed E-state index contributed by atoms with van der Waals surface area (Å²) in [5.74, 6) is -8.14. The average molecular weight is 697 g/mol. The van der Waals surface area contributed by atoms with Gasteiger partial charge in [0.1, 0.15) is 17.3 Å². The first-order valence-corrected chi connectivity index (χ1v) is 16.7. The van der Waals surface area contributed by atoms with E-state index in [1.54, 1.807) is 39.0 Å². The molecule has 266 valence electrons. The Kier molecular flexibility index (Phi) is 9.40. The van der Waals surface area contributed by atoms with Gasteiger partial charge in [0.25, 0.3) is 11.8 Å². The molecule has 2 amide bonds. The standard InChI is InChI=1S/C37H41F5N6O2/c1-36(2,3)47-14-9-28(37(41,42)21-47)27-18-29(38)25(17-30(27)39)24-16-23(33(40)34-26(24)19-31(44-34)35(50)45(4)5)22-8-6-12-46(20-22)32(49)10-15-48-13-7-11-43-48/h7-8,11,13,16-19,28,44H,6,9-10,12,14-15,20-21H2,1-5H3/t28-/m0/s1. The molecule has 0 radical (unpaired) electrons. The highest BCUT2D eigenvalue weighted by Gasteiger charge is 2.48. The molecule has 1 N–H and O–H groups in total. The van der Waals surface area contributed by atoms with Crippen molar-refractivity contribution in [2.75, 3.05) is 40.3 Å². The summed E-state index contributed by atoms with van der Waals surface area (Å²) < 4.78 is 81.1. The molecule has 8 nitrogen and oxygen atoms in total. The van der Waals surface area contributed by atoms with Crippen LogP contribution in [0.4, 0.5) is 22.0 Å². The second-order valence-electron chi connectivity index (χ2n) is 14.4. The minimum atomic E-state index is -3.31. The lowest BCUT2D eigenvalue weighted by molar-refractivity contribution is -0.131. The number of aryl methyl sites for hydroxylation is 1. The topological polar surface area (TPSA) is 77.5 Å². The number of hydrogen-bond donors (Lipinski definition) is 1. The average Bonchev–Trinajstić information content (AvgIpc) is 3.75. The molecule has 0 aliphatic carbocycles. The van der Waals surface area contributed by atoms with E-state index in [-0.39, 0.29) is 58.6 Å². The number of nitrogens with zero attached hydrogens (tertiary/aromatic N) is 5. The first kappa shape index (κ1) is 35.3. The molecule has 2 aromatic carbocycles. The first-order valence-electron chi connectivity index (χ1n) is 16.7. The van der Waals surface area contributed by atoms with Crippen molar-refractivity contribution in [2.45, 2.75) is 64.0 Å². The van der Waals surface area contributed by atoms with Crippen LogP contribution < -0.4 is 0 Å². The van der Waals surface area contributed by atoms with Crippen LogP contribution in [0.3, 0.4) is 0 Å². The highest BCUT2D eigenvalue weighted by Crippen LogP contribution is 2.45. The summed E-state index contributed by atoms with van der Waals surface area (Å²) in [6.45, 7) is 6.06. The molecular formula is C37H41F5N6O2. The second-order valence-corrected chi connectivity index (χ2v) is 14.4. The number of fused-ring (bicyclic) bond motifs is 1. The molecule has 13 heteroatoms. The summed E-state index contributed by atoms with van der Waals surface area (Å²) >= 11 is 0. The zero-order valence-electron chi connectivity index (χ0n) is 28.8. The molecule has 0 unspecified atom stereocenters. The third-order valence-corrected chi connectivity index (χ3v) is 9.75. The van der Waals surface area contributed by atoms with Crippen molar-refractivity contribution in [3.8, 4) is 11.1 Å². The molecule has 2 aliphatic rings. The van der Waals surface area contributed by atoms with Crippen LogP contribution in [0.15, 0.2) is 48.8 Å². The summed E-state index contributed by atoms with van der Waals surface area (Å²) in [6, 6.07) is 6.22. The number of carbonyl (C=O) groups excluding carboxylic acids is 2. The van der Waals surface area contributed by atoms with E-state index in [9.17, 15) is 9.59 Å². The van der Waals surface area contributed by atoms with Crippen molar-refractivity contribution < 1.29 is 31.5 Å². The number of nitrogens with one attached hydrogen (secondary N) is 1. The second kappa shape index (κ2) is 13.3. The van der Waals surface area contributed by atoms with Crippen molar-refractivity contribution >= 4 is 28.3 Å². The van der Waals surface area contributed by atoms with Crippen molar-refractivity contribution in [3.05, 3.63) is 83.1 Å². The number of amides is 2. The number of alkyl halides is 2. The summed E-state index contributed by atoms with van der Waals surface area (Å²) in [5.41, 5.74) is -0.691. The number of halogens is 5. The van der Waals surface area contributed by atoms with E-state index >= 15 is 22.0 Å². The number of aromatic amines is 1.